The minimum atomic E-state index is -3.26. The maximum Gasteiger partial charge on any atom is 0.179 e. The van der Waals surface area contributed by atoms with Crippen LogP contribution in [0.5, 0.6) is 0 Å². The molecule has 0 radical (unpaired) electrons. The van der Waals surface area contributed by atoms with Gasteiger partial charge in [-0.1, -0.05) is 64.5 Å². The molecule has 1 atom stereocenters. The molecule has 0 spiro atoms. The molecule has 0 aliphatic carbocycles. The Hall–Kier alpha value is -0.590. The van der Waals surface area contributed by atoms with Crippen LogP contribution in [0.1, 0.15) is 9.49 Å². The van der Waals surface area contributed by atoms with E-state index >= 15 is 0 Å². The molecule has 100 valence electrons. The van der Waals surface area contributed by atoms with Crippen LogP contribution in [0, 0.1) is 0 Å². The van der Waals surface area contributed by atoms with Crippen molar-refractivity contribution in [3.8, 4) is 0 Å². The highest BCUT2D eigenvalue weighted by Gasteiger charge is 2.20. The molecule has 0 heterocycles. The summed E-state index contributed by atoms with van der Waals surface area (Å²) in [5, 5.41) is 0.651. The van der Waals surface area contributed by atoms with Gasteiger partial charge in [0.2, 0.25) is 0 Å². The van der Waals surface area contributed by atoms with Gasteiger partial charge in [0.1, 0.15) is 0 Å². The molecule has 0 N–H and O–H groups in total. The summed E-state index contributed by atoms with van der Waals surface area (Å²) in [6.45, 7) is 0. The molecule has 0 saturated heterocycles. The largest absolute Gasteiger partial charge is 0.224 e. The topological polar surface area (TPSA) is 34.1 Å². The molecule has 0 saturated carbocycles. The van der Waals surface area contributed by atoms with Gasteiger partial charge in [0, 0.05) is 5.02 Å². The molecule has 2 aromatic carbocycles. The van der Waals surface area contributed by atoms with E-state index in [2.05, 4.69) is 22.6 Å². The Labute approximate surface area is 131 Å². The molecule has 2 nitrogen and oxygen atoms in total. The summed E-state index contributed by atoms with van der Waals surface area (Å²) in [7, 11) is -3.26. The third-order valence-corrected chi connectivity index (χ3v) is 6.47. The molecule has 2 rings (SSSR count). The number of hydrogen-bond donors (Lipinski definition) is 0. The van der Waals surface area contributed by atoms with Crippen molar-refractivity contribution in [1.29, 1.82) is 0 Å². The van der Waals surface area contributed by atoms with Crippen molar-refractivity contribution in [3.63, 3.8) is 0 Å². The molecule has 0 bridgehead atoms. The minimum absolute atomic E-state index is 0.0825. The molecule has 0 aromatic heterocycles. The van der Waals surface area contributed by atoms with Crippen LogP contribution >= 0.6 is 34.2 Å². The number of alkyl halides is 1. The summed E-state index contributed by atoms with van der Waals surface area (Å²) >= 11 is 7.97. The number of rotatable bonds is 4. The molecule has 1 unspecified atom stereocenters. The van der Waals surface area contributed by atoms with E-state index in [1.54, 1.807) is 42.5 Å². The zero-order chi connectivity index (χ0) is 13.9. The Bertz CT molecular complexity index is 639. The fourth-order valence-electron chi connectivity index (χ4n) is 1.68. The van der Waals surface area contributed by atoms with Crippen LogP contribution < -0.4 is 0 Å². The van der Waals surface area contributed by atoms with Crippen molar-refractivity contribution in [2.45, 2.75) is 8.82 Å². The Kier molecular flexibility index (Phi) is 4.86. The van der Waals surface area contributed by atoms with E-state index in [1.807, 2.05) is 12.1 Å². The van der Waals surface area contributed by atoms with Gasteiger partial charge in [0.25, 0.3) is 0 Å². The van der Waals surface area contributed by atoms with Gasteiger partial charge in [-0.25, -0.2) is 8.42 Å². The van der Waals surface area contributed by atoms with Crippen molar-refractivity contribution in [3.05, 3.63) is 65.2 Å². The van der Waals surface area contributed by atoms with E-state index in [4.69, 9.17) is 11.6 Å². The summed E-state index contributed by atoms with van der Waals surface area (Å²) in [5.74, 6) is 0.0825. The second-order valence-electron chi connectivity index (χ2n) is 4.11. The number of hydrogen-bond acceptors (Lipinski definition) is 2. The second-order valence-corrected chi connectivity index (χ2v) is 8.09. The van der Waals surface area contributed by atoms with Crippen LogP contribution in [-0.2, 0) is 9.84 Å². The molecular formula is C14H12ClIO2S. The van der Waals surface area contributed by atoms with Crippen molar-refractivity contribution in [1.82, 2.24) is 0 Å². The lowest BCUT2D eigenvalue weighted by atomic mass is 10.2. The van der Waals surface area contributed by atoms with Crippen molar-refractivity contribution in [2.75, 3.05) is 5.75 Å². The van der Waals surface area contributed by atoms with Gasteiger partial charge in [-0.2, -0.15) is 0 Å². The average Bonchev–Trinajstić information content (AvgIpc) is 2.40. The van der Waals surface area contributed by atoms with Crippen LogP contribution in [0.25, 0.3) is 0 Å². The van der Waals surface area contributed by atoms with Gasteiger partial charge >= 0.3 is 0 Å². The fourth-order valence-corrected chi connectivity index (χ4v) is 4.99. The molecule has 0 aliphatic rings. The van der Waals surface area contributed by atoms with Crippen LogP contribution in [0.4, 0.5) is 0 Å². The van der Waals surface area contributed by atoms with Crippen LogP contribution in [-0.4, -0.2) is 14.2 Å². The van der Waals surface area contributed by atoms with Crippen molar-refractivity contribution >= 4 is 44.0 Å². The molecule has 0 aliphatic heterocycles. The summed E-state index contributed by atoms with van der Waals surface area (Å²) < 4.78 is 24.4. The first kappa shape index (κ1) is 14.8. The van der Waals surface area contributed by atoms with Gasteiger partial charge in [-0.3, -0.25) is 0 Å². The van der Waals surface area contributed by atoms with Crippen molar-refractivity contribution < 1.29 is 8.42 Å². The normalized spacial score (nSPS) is 13.2. The van der Waals surface area contributed by atoms with Gasteiger partial charge < -0.3 is 0 Å². The van der Waals surface area contributed by atoms with E-state index in [0.29, 0.717) is 9.92 Å². The first-order valence-corrected chi connectivity index (χ1v) is 8.94. The van der Waals surface area contributed by atoms with E-state index in [1.165, 1.54) is 0 Å². The monoisotopic (exact) mass is 406 g/mol. The Morgan fingerprint density at radius 2 is 1.58 bits per heavy atom. The maximum absolute atomic E-state index is 12.3. The maximum atomic E-state index is 12.3. The Morgan fingerprint density at radius 1 is 1.00 bits per heavy atom. The predicted octanol–water partition coefficient (Wildman–Crippen LogP) is 4.29. The number of benzene rings is 2. The first-order valence-electron chi connectivity index (χ1n) is 5.66. The minimum Gasteiger partial charge on any atom is -0.224 e. The summed E-state index contributed by atoms with van der Waals surface area (Å²) in [4.78, 5) is 0.366. The standard InChI is InChI=1S/C14H12ClIO2S/c15-12-8-6-11(7-9-12)14(16)10-19(17,18)13-4-2-1-3-5-13/h1-9,14H,10H2. The molecular weight excluding hydrogens is 395 g/mol. The summed E-state index contributed by atoms with van der Waals surface area (Å²) in [5.41, 5.74) is 0.963. The highest BCUT2D eigenvalue weighted by Crippen LogP contribution is 2.28. The lowest BCUT2D eigenvalue weighted by Crippen LogP contribution is -2.11. The van der Waals surface area contributed by atoms with E-state index in [0.717, 1.165) is 5.56 Å². The predicted molar refractivity (Wildman–Crippen MR) is 86.7 cm³/mol. The third-order valence-electron chi connectivity index (χ3n) is 2.70. The SMILES string of the molecule is O=S(=O)(CC(I)c1ccc(Cl)cc1)c1ccccc1. The zero-order valence-corrected chi connectivity index (χ0v) is 13.7. The lowest BCUT2D eigenvalue weighted by molar-refractivity contribution is 0.595. The molecule has 0 fully saturated rings. The van der Waals surface area contributed by atoms with Crippen molar-refractivity contribution in [2.24, 2.45) is 0 Å². The molecule has 0 amide bonds. The van der Waals surface area contributed by atoms with Gasteiger partial charge in [0.05, 0.1) is 14.6 Å². The third kappa shape index (κ3) is 3.94. The van der Waals surface area contributed by atoms with Crippen LogP contribution in [0.2, 0.25) is 5.02 Å². The van der Waals surface area contributed by atoms with Crippen LogP contribution in [0.15, 0.2) is 59.5 Å². The molecule has 5 heteroatoms. The Balaban J connectivity index is 2.19. The molecule has 19 heavy (non-hydrogen) atoms. The number of sulfone groups is 1. The second kappa shape index (κ2) is 6.24. The lowest BCUT2D eigenvalue weighted by Gasteiger charge is -2.11. The summed E-state index contributed by atoms with van der Waals surface area (Å²) in [6, 6.07) is 15.8. The fraction of sp³-hybridized carbons (Fsp3) is 0.143. The van der Waals surface area contributed by atoms with Gasteiger partial charge in [0.15, 0.2) is 9.84 Å². The molecule has 2 aromatic rings. The average molecular weight is 407 g/mol. The quantitative estimate of drug-likeness (QED) is 0.561. The zero-order valence-electron chi connectivity index (χ0n) is 9.96. The van der Waals surface area contributed by atoms with Crippen LogP contribution in [0.3, 0.4) is 0 Å². The van der Waals surface area contributed by atoms with E-state index < -0.39 is 9.84 Å². The summed E-state index contributed by atoms with van der Waals surface area (Å²) in [6.07, 6.45) is 0. The van der Waals surface area contributed by atoms with E-state index in [9.17, 15) is 8.42 Å². The first-order chi connectivity index (χ1) is 8.99. The highest BCUT2D eigenvalue weighted by molar-refractivity contribution is 14.1. The van der Waals surface area contributed by atoms with Gasteiger partial charge in [-0.15, -0.1) is 0 Å². The van der Waals surface area contributed by atoms with Gasteiger partial charge in [-0.05, 0) is 29.8 Å². The Morgan fingerprint density at radius 3 is 2.16 bits per heavy atom. The van der Waals surface area contributed by atoms with E-state index in [-0.39, 0.29) is 9.68 Å². The smallest absolute Gasteiger partial charge is 0.179 e. The highest BCUT2D eigenvalue weighted by atomic mass is 127. The number of halogens is 2.